The van der Waals surface area contributed by atoms with Gasteiger partial charge in [-0.2, -0.15) is 4.68 Å². The normalized spacial score (nSPS) is 11.6. The molecule has 7 nitrogen and oxygen atoms in total. The number of hydrogen-bond acceptors (Lipinski definition) is 6. The number of thioether (sulfide) groups is 1. The molecule has 0 bridgehead atoms. The second kappa shape index (κ2) is 9.90. The summed E-state index contributed by atoms with van der Waals surface area (Å²) in [6.45, 7) is 2.42. The second-order valence-corrected chi connectivity index (χ2v) is 7.61. The molecule has 0 aliphatic heterocycles. The van der Waals surface area contributed by atoms with Crippen molar-refractivity contribution in [3.63, 3.8) is 0 Å². The molecule has 1 aromatic heterocycles. The number of amides is 1. The number of ether oxygens (including phenoxy) is 1. The van der Waals surface area contributed by atoms with Crippen LogP contribution in [0.3, 0.4) is 0 Å². The van der Waals surface area contributed by atoms with E-state index in [0.717, 1.165) is 11.3 Å². The highest BCUT2D eigenvalue weighted by Gasteiger charge is 2.26. The molecular weight excluding hydrogens is 410 g/mol. The van der Waals surface area contributed by atoms with Gasteiger partial charge in [0.2, 0.25) is 11.1 Å². The summed E-state index contributed by atoms with van der Waals surface area (Å²) >= 11 is 1.29. The van der Waals surface area contributed by atoms with Crippen molar-refractivity contribution in [2.75, 3.05) is 11.9 Å². The maximum absolute atomic E-state index is 13.4. The molecule has 8 heteroatoms. The number of rotatable bonds is 8. The first-order chi connectivity index (χ1) is 15.3. The third-order valence-corrected chi connectivity index (χ3v) is 5.64. The predicted molar refractivity (Wildman–Crippen MR) is 120 cm³/mol. The molecule has 0 saturated heterocycles. The molecule has 1 heterocycles. The van der Waals surface area contributed by atoms with Crippen LogP contribution in [0.25, 0.3) is 5.69 Å². The number of carbonyl (C=O) groups is 1. The van der Waals surface area contributed by atoms with Crippen molar-refractivity contribution in [3.8, 4) is 11.4 Å². The lowest BCUT2D eigenvalue weighted by Crippen LogP contribution is -2.20. The van der Waals surface area contributed by atoms with Gasteiger partial charge in [-0.15, -0.1) is 5.10 Å². The van der Waals surface area contributed by atoms with Crippen LogP contribution >= 0.6 is 11.8 Å². The number of aromatic nitrogens is 4. The Hall–Kier alpha value is -3.65. The lowest BCUT2D eigenvalue weighted by Gasteiger charge is -2.18. The zero-order chi connectivity index (χ0) is 21.5. The summed E-state index contributed by atoms with van der Waals surface area (Å²) in [7, 11) is 0. The summed E-state index contributed by atoms with van der Waals surface area (Å²) in [5.74, 6) is 0.440. The smallest absolute Gasteiger partial charge is 0.242 e. The maximum atomic E-state index is 13.4. The molecule has 1 amide bonds. The first kappa shape index (κ1) is 20.6. The summed E-state index contributed by atoms with van der Waals surface area (Å²) in [6.07, 6.45) is 0. The number of nitrogens with zero attached hydrogens (tertiary/aromatic N) is 4. The van der Waals surface area contributed by atoms with Gasteiger partial charge in [-0.3, -0.25) is 4.79 Å². The van der Waals surface area contributed by atoms with Crippen molar-refractivity contribution in [2.24, 2.45) is 0 Å². The Labute approximate surface area is 184 Å². The molecule has 0 fully saturated rings. The highest BCUT2D eigenvalue weighted by atomic mass is 32.2. The Morgan fingerprint density at radius 1 is 1.00 bits per heavy atom. The van der Waals surface area contributed by atoms with Crippen LogP contribution in [-0.4, -0.2) is 32.7 Å². The lowest BCUT2D eigenvalue weighted by atomic mass is 10.1. The average molecular weight is 432 g/mol. The van der Waals surface area contributed by atoms with Gasteiger partial charge in [0.15, 0.2) is 0 Å². The summed E-state index contributed by atoms with van der Waals surface area (Å²) in [5, 5.41) is 15.0. The van der Waals surface area contributed by atoms with Crippen LogP contribution in [0.4, 0.5) is 5.69 Å². The van der Waals surface area contributed by atoms with Crippen LogP contribution in [0.2, 0.25) is 0 Å². The standard InChI is InChI=1S/C23H21N5O2S/c1-2-30-20-16-10-9-15-19(20)24-22(29)21(17-11-5-3-6-12-17)31-23-25-26-27-28(23)18-13-7-4-8-14-18/h3-16,21H,2H2,1H3,(H,24,29). The number of carbonyl (C=O) groups excluding carboxylic acids is 1. The van der Waals surface area contributed by atoms with Gasteiger partial charge in [-0.05, 0) is 47.2 Å². The minimum Gasteiger partial charge on any atom is -0.492 e. The van der Waals surface area contributed by atoms with Crippen LogP contribution in [-0.2, 0) is 4.79 Å². The first-order valence-corrected chi connectivity index (χ1v) is 10.7. The van der Waals surface area contributed by atoms with Gasteiger partial charge in [-0.1, -0.05) is 72.4 Å². The summed E-state index contributed by atoms with van der Waals surface area (Å²) in [6, 6.07) is 26.5. The Bertz CT molecular complexity index is 1130. The van der Waals surface area contributed by atoms with Crippen LogP contribution in [0.1, 0.15) is 17.7 Å². The number of tetrazole rings is 1. The fraction of sp³-hybridized carbons (Fsp3) is 0.130. The molecule has 156 valence electrons. The third-order valence-electron chi connectivity index (χ3n) is 4.45. The third kappa shape index (κ3) is 4.92. The van der Waals surface area contributed by atoms with Gasteiger partial charge in [0.25, 0.3) is 0 Å². The van der Waals surface area contributed by atoms with E-state index in [1.807, 2.05) is 91.9 Å². The fourth-order valence-electron chi connectivity index (χ4n) is 3.04. The van der Waals surface area contributed by atoms with Crippen LogP contribution in [0, 0.1) is 0 Å². The zero-order valence-electron chi connectivity index (χ0n) is 16.9. The Kier molecular flexibility index (Phi) is 6.59. The van der Waals surface area contributed by atoms with Crippen molar-refractivity contribution in [1.82, 2.24) is 20.2 Å². The molecule has 0 spiro atoms. The highest BCUT2D eigenvalue weighted by molar-refractivity contribution is 8.00. The van der Waals surface area contributed by atoms with Crippen LogP contribution < -0.4 is 10.1 Å². The highest BCUT2D eigenvalue weighted by Crippen LogP contribution is 2.36. The molecule has 31 heavy (non-hydrogen) atoms. The molecule has 0 radical (unpaired) electrons. The number of hydrogen-bond donors (Lipinski definition) is 1. The van der Waals surface area contributed by atoms with Gasteiger partial charge < -0.3 is 10.1 Å². The predicted octanol–water partition coefficient (Wildman–Crippen LogP) is 4.53. The van der Waals surface area contributed by atoms with Gasteiger partial charge in [0.05, 0.1) is 18.0 Å². The van der Waals surface area contributed by atoms with E-state index in [9.17, 15) is 4.79 Å². The molecule has 0 aliphatic carbocycles. The van der Waals surface area contributed by atoms with Gasteiger partial charge in [0, 0.05) is 0 Å². The van der Waals surface area contributed by atoms with E-state index in [0.29, 0.717) is 23.2 Å². The van der Waals surface area contributed by atoms with Crippen LogP contribution in [0.15, 0.2) is 90.1 Å². The molecule has 0 aliphatic rings. The second-order valence-electron chi connectivity index (χ2n) is 6.54. The molecule has 4 rings (SSSR count). The van der Waals surface area contributed by atoms with Gasteiger partial charge >= 0.3 is 0 Å². The monoisotopic (exact) mass is 431 g/mol. The topological polar surface area (TPSA) is 81.9 Å². The Morgan fingerprint density at radius 3 is 2.42 bits per heavy atom. The zero-order valence-corrected chi connectivity index (χ0v) is 17.7. The van der Waals surface area contributed by atoms with E-state index < -0.39 is 5.25 Å². The van der Waals surface area contributed by atoms with Crippen molar-refractivity contribution in [2.45, 2.75) is 17.3 Å². The largest absolute Gasteiger partial charge is 0.492 e. The molecule has 1 atom stereocenters. The maximum Gasteiger partial charge on any atom is 0.242 e. The molecule has 0 saturated carbocycles. The minimum atomic E-state index is -0.565. The van der Waals surface area contributed by atoms with Crippen molar-refractivity contribution < 1.29 is 9.53 Å². The summed E-state index contributed by atoms with van der Waals surface area (Å²) < 4.78 is 7.28. The Morgan fingerprint density at radius 2 is 1.68 bits per heavy atom. The summed E-state index contributed by atoms with van der Waals surface area (Å²) in [4.78, 5) is 13.4. The van der Waals surface area contributed by atoms with Gasteiger partial charge in [-0.25, -0.2) is 0 Å². The molecule has 3 aromatic carbocycles. The average Bonchev–Trinajstić information content (AvgIpc) is 3.28. The number of para-hydroxylation sites is 3. The van der Waals surface area contributed by atoms with Crippen LogP contribution in [0.5, 0.6) is 5.75 Å². The first-order valence-electron chi connectivity index (χ1n) is 9.84. The van der Waals surface area contributed by atoms with E-state index in [4.69, 9.17) is 4.74 Å². The van der Waals surface area contributed by atoms with Gasteiger partial charge in [0.1, 0.15) is 11.0 Å². The van der Waals surface area contributed by atoms with E-state index in [1.165, 1.54) is 11.8 Å². The molecular formula is C23H21N5O2S. The quantitative estimate of drug-likeness (QED) is 0.413. The SMILES string of the molecule is CCOc1ccccc1NC(=O)C(Sc1nnnn1-c1ccccc1)c1ccccc1. The van der Waals surface area contributed by atoms with Crippen molar-refractivity contribution >= 4 is 23.4 Å². The minimum absolute atomic E-state index is 0.189. The summed E-state index contributed by atoms with van der Waals surface area (Å²) in [5.41, 5.74) is 2.30. The lowest BCUT2D eigenvalue weighted by molar-refractivity contribution is -0.115. The molecule has 1 unspecified atom stereocenters. The van der Waals surface area contributed by atoms with Crippen molar-refractivity contribution in [1.29, 1.82) is 0 Å². The molecule has 1 N–H and O–H groups in total. The van der Waals surface area contributed by atoms with E-state index >= 15 is 0 Å². The van der Waals surface area contributed by atoms with E-state index in [1.54, 1.807) is 4.68 Å². The number of benzene rings is 3. The molecule has 4 aromatic rings. The van der Waals surface area contributed by atoms with E-state index in [-0.39, 0.29) is 5.91 Å². The Balaban J connectivity index is 1.64. The van der Waals surface area contributed by atoms with Crippen molar-refractivity contribution in [3.05, 3.63) is 90.5 Å². The fourth-order valence-corrected chi connectivity index (χ4v) is 4.03. The number of anilines is 1. The number of nitrogens with one attached hydrogen (secondary N) is 1. The van der Waals surface area contributed by atoms with E-state index in [2.05, 4.69) is 20.8 Å².